The highest BCUT2D eigenvalue weighted by Crippen LogP contribution is 2.32. The van der Waals surface area contributed by atoms with Crippen molar-refractivity contribution in [3.63, 3.8) is 0 Å². The lowest BCUT2D eigenvalue weighted by molar-refractivity contribution is -0.288. The second-order valence-corrected chi connectivity index (χ2v) is 8.78. The van der Waals surface area contributed by atoms with E-state index in [9.17, 15) is 24.0 Å². The van der Waals surface area contributed by atoms with Gasteiger partial charge in [0.25, 0.3) is 0 Å². The number of ether oxygens (including phenoxy) is 6. The van der Waals surface area contributed by atoms with Gasteiger partial charge in [-0.1, -0.05) is 18.2 Å². The molecule has 2 heterocycles. The summed E-state index contributed by atoms with van der Waals surface area (Å²) >= 11 is 0. The fourth-order valence-corrected chi connectivity index (χ4v) is 4.35. The number of carbonyl (C=O) groups excluding carboxylic acids is 4. The van der Waals surface area contributed by atoms with Crippen LogP contribution in [0, 0.1) is 0 Å². The van der Waals surface area contributed by atoms with E-state index in [-0.39, 0.29) is 11.3 Å². The molecule has 1 aromatic heterocycles. The SMILES string of the molecule is CC(=O)OC[C@H]1O[C@@H](Oc2ccc3c(c2)oc(=O)c2ccccc23)[C@H](OC(C)=O)[C@@H](OC(C)=O)[C@H]1OC(C)=O. The highest BCUT2D eigenvalue weighted by molar-refractivity contribution is 6.04. The van der Waals surface area contributed by atoms with Crippen molar-refractivity contribution in [3.05, 3.63) is 52.9 Å². The zero-order valence-corrected chi connectivity index (χ0v) is 21.5. The average molecular weight is 542 g/mol. The Morgan fingerprint density at radius 3 is 2.00 bits per heavy atom. The zero-order chi connectivity index (χ0) is 28.3. The normalized spacial score (nSPS) is 22.6. The van der Waals surface area contributed by atoms with Crippen LogP contribution in [0.2, 0.25) is 0 Å². The molecular weight excluding hydrogens is 516 g/mol. The lowest BCUT2D eigenvalue weighted by Crippen LogP contribution is -2.63. The maximum Gasteiger partial charge on any atom is 0.344 e. The first-order valence-corrected chi connectivity index (χ1v) is 12.0. The molecule has 0 bridgehead atoms. The maximum atomic E-state index is 12.5. The van der Waals surface area contributed by atoms with Gasteiger partial charge in [0, 0.05) is 39.1 Å². The lowest BCUT2D eigenvalue weighted by atomic mass is 9.98. The summed E-state index contributed by atoms with van der Waals surface area (Å²) in [7, 11) is 0. The highest BCUT2D eigenvalue weighted by atomic mass is 16.7. The largest absolute Gasteiger partial charge is 0.463 e. The fourth-order valence-electron chi connectivity index (χ4n) is 4.35. The molecule has 206 valence electrons. The third kappa shape index (κ3) is 6.34. The molecule has 2 aromatic carbocycles. The molecule has 39 heavy (non-hydrogen) atoms. The Morgan fingerprint density at radius 2 is 1.36 bits per heavy atom. The minimum atomic E-state index is -1.42. The molecule has 0 N–H and O–H groups in total. The van der Waals surface area contributed by atoms with Gasteiger partial charge >= 0.3 is 29.5 Å². The molecule has 1 aliphatic rings. The van der Waals surface area contributed by atoms with E-state index in [2.05, 4.69) is 0 Å². The third-order valence-corrected chi connectivity index (χ3v) is 5.79. The van der Waals surface area contributed by atoms with Crippen LogP contribution >= 0.6 is 0 Å². The van der Waals surface area contributed by atoms with Crippen molar-refractivity contribution in [2.45, 2.75) is 58.4 Å². The standard InChI is InChI=1S/C27H26O12/c1-13(28)33-12-22-23(34-14(2)29)24(35-15(3)30)25(36-16(4)31)27(39-22)37-17-9-10-19-18-7-5-6-8-20(18)26(32)38-21(19)11-17/h5-11,22-25,27H,12H2,1-4H3/t22-,23+,24+,25-,27-/m1/s1. The van der Waals surface area contributed by atoms with Gasteiger partial charge in [-0.25, -0.2) is 4.79 Å². The second-order valence-electron chi connectivity index (χ2n) is 8.78. The molecule has 5 atom stereocenters. The molecule has 1 aliphatic heterocycles. The van der Waals surface area contributed by atoms with Crippen LogP contribution in [0.4, 0.5) is 0 Å². The first-order chi connectivity index (χ1) is 18.5. The number of hydrogen-bond acceptors (Lipinski definition) is 12. The second kappa shape index (κ2) is 11.5. The summed E-state index contributed by atoms with van der Waals surface area (Å²) in [5.74, 6) is -2.75. The quantitative estimate of drug-likeness (QED) is 0.186. The molecular formula is C27H26O12. The van der Waals surface area contributed by atoms with Gasteiger partial charge < -0.3 is 32.8 Å². The van der Waals surface area contributed by atoms with Gasteiger partial charge in [0.05, 0.1) is 5.39 Å². The van der Waals surface area contributed by atoms with Crippen LogP contribution in [0.15, 0.2) is 51.7 Å². The third-order valence-electron chi connectivity index (χ3n) is 5.79. The summed E-state index contributed by atoms with van der Waals surface area (Å²) in [6.45, 7) is 4.16. The molecule has 0 aliphatic carbocycles. The first kappa shape index (κ1) is 27.6. The molecule has 0 radical (unpaired) electrons. The van der Waals surface area contributed by atoms with E-state index >= 15 is 0 Å². The van der Waals surface area contributed by atoms with Crippen molar-refractivity contribution in [1.82, 2.24) is 0 Å². The summed E-state index contributed by atoms with van der Waals surface area (Å²) in [6.07, 6.45) is -6.67. The van der Waals surface area contributed by atoms with Gasteiger partial charge in [0.1, 0.15) is 24.0 Å². The van der Waals surface area contributed by atoms with Crippen molar-refractivity contribution in [2.24, 2.45) is 0 Å². The van der Waals surface area contributed by atoms with Crippen LogP contribution in [0.5, 0.6) is 5.75 Å². The molecule has 4 rings (SSSR count). The summed E-state index contributed by atoms with van der Waals surface area (Å²) in [4.78, 5) is 59.8. The van der Waals surface area contributed by atoms with Gasteiger partial charge in [-0.15, -0.1) is 0 Å². The van der Waals surface area contributed by atoms with Gasteiger partial charge in [-0.05, 0) is 23.6 Å². The molecule has 12 heteroatoms. The Hall–Kier alpha value is -4.45. The van der Waals surface area contributed by atoms with Crippen LogP contribution < -0.4 is 10.4 Å². The fraction of sp³-hybridized carbons (Fsp3) is 0.370. The number of benzene rings is 2. The topological polar surface area (TPSA) is 154 Å². The van der Waals surface area contributed by atoms with Crippen LogP contribution in [0.1, 0.15) is 27.7 Å². The molecule has 0 amide bonds. The Balaban J connectivity index is 1.74. The first-order valence-electron chi connectivity index (χ1n) is 12.0. The van der Waals surface area contributed by atoms with Gasteiger partial charge in [-0.2, -0.15) is 0 Å². The monoisotopic (exact) mass is 542 g/mol. The molecule has 0 saturated carbocycles. The predicted molar refractivity (Wildman–Crippen MR) is 133 cm³/mol. The van der Waals surface area contributed by atoms with E-state index in [0.717, 1.165) is 20.8 Å². The average Bonchev–Trinajstić information content (AvgIpc) is 2.85. The number of hydrogen-bond donors (Lipinski definition) is 0. The van der Waals surface area contributed by atoms with Crippen molar-refractivity contribution in [3.8, 4) is 5.75 Å². The minimum absolute atomic E-state index is 0.154. The Morgan fingerprint density at radius 1 is 0.744 bits per heavy atom. The molecule has 1 saturated heterocycles. The summed E-state index contributed by atoms with van der Waals surface area (Å²) in [6, 6.07) is 11.7. The van der Waals surface area contributed by atoms with Crippen molar-refractivity contribution in [1.29, 1.82) is 0 Å². The van der Waals surface area contributed by atoms with Crippen LogP contribution in [-0.2, 0) is 42.9 Å². The summed E-state index contributed by atoms with van der Waals surface area (Å²) in [5.41, 5.74) is -0.315. The smallest absolute Gasteiger partial charge is 0.344 e. The van der Waals surface area contributed by atoms with E-state index < -0.39 is 66.8 Å². The van der Waals surface area contributed by atoms with E-state index in [1.807, 2.05) is 0 Å². The maximum absolute atomic E-state index is 12.5. The van der Waals surface area contributed by atoms with E-state index in [1.165, 1.54) is 13.0 Å². The van der Waals surface area contributed by atoms with E-state index in [4.69, 9.17) is 32.8 Å². The molecule has 1 fully saturated rings. The summed E-state index contributed by atoms with van der Waals surface area (Å²) in [5, 5.41) is 1.75. The number of rotatable bonds is 7. The van der Waals surface area contributed by atoms with Gasteiger partial charge in [-0.3, -0.25) is 19.2 Å². The van der Waals surface area contributed by atoms with E-state index in [1.54, 1.807) is 36.4 Å². The molecule has 3 aromatic rings. The zero-order valence-electron chi connectivity index (χ0n) is 21.5. The Kier molecular flexibility index (Phi) is 8.15. The molecule has 12 nitrogen and oxygen atoms in total. The Labute approximate surface area is 221 Å². The predicted octanol–water partition coefficient (Wildman–Crippen LogP) is 2.41. The van der Waals surface area contributed by atoms with Crippen LogP contribution in [-0.4, -0.2) is 61.2 Å². The Bertz CT molecular complexity index is 1470. The molecule has 0 unspecified atom stereocenters. The van der Waals surface area contributed by atoms with Crippen molar-refractivity contribution < 1.29 is 52.0 Å². The van der Waals surface area contributed by atoms with Gasteiger partial charge in [0.2, 0.25) is 12.4 Å². The number of esters is 4. The van der Waals surface area contributed by atoms with E-state index in [0.29, 0.717) is 16.2 Å². The number of fused-ring (bicyclic) bond motifs is 3. The minimum Gasteiger partial charge on any atom is -0.463 e. The molecule has 0 spiro atoms. The van der Waals surface area contributed by atoms with Gasteiger partial charge in [0.15, 0.2) is 12.2 Å². The van der Waals surface area contributed by atoms with Crippen LogP contribution in [0.25, 0.3) is 21.7 Å². The number of carbonyl (C=O) groups is 4. The lowest BCUT2D eigenvalue weighted by Gasteiger charge is -2.43. The van der Waals surface area contributed by atoms with Crippen molar-refractivity contribution >= 4 is 45.6 Å². The van der Waals surface area contributed by atoms with Crippen LogP contribution in [0.3, 0.4) is 0 Å². The highest BCUT2D eigenvalue weighted by Gasteiger charge is 2.53. The van der Waals surface area contributed by atoms with Crippen molar-refractivity contribution in [2.75, 3.05) is 6.61 Å². The summed E-state index contributed by atoms with van der Waals surface area (Å²) < 4.78 is 38.6.